The van der Waals surface area contributed by atoms with Gasteiger partial charge in [-0.3, -0.25) is 9.13 Å². The molecule has 2 aromatic heterocycles. The molecule has 0 unspecified atom stereocenters. The summed E-state index contributed by atoms with van der Waals surface area (Å²) in [5, 5.41) is 19.8. The summed E-state index contributed by atoms with van der Waals surface area (Å²) in [4.78, 5) is 29.7. The van der Waals surface area contributed by atoms with Gasteiger partial charge in [-0.1, -0.05) is 0 Å². The number of imidazole rings is 1. The van der Waals surface area contributed by atoms with Crippen LogP contribution in [0.25, 0.3) is 11.2 Å². The zero-order valence-electron chi connectivity index (χ0n) is 12.2. The van der Waals surface area contributed by atoms with Gasteiger partial charge in [-0.15, -0.1) is 0 Å². The fraction of sp³-hybridized carbons (Fsp3) is 0.545. The van der Waals surface area contributed by atoms with E-state index in [1.807, 2.05) is 0 Å². The molecule has 0 aromatic carbocycles. The number of hydrogen-bond acceptors (Lipinski definition) is 9. The molecule has 0 bridgehead atoms. The number of rotatable bonds is 5. The molecule has 1 fully saturated rings. The minimum absolute atomic E-state index is 0.152. The maximum absolute atomic E-state index is 11.0. The summed E-state index contributed by atoms with van der Waals surface area (Å²) in [5.41, 5.74) is 6.32. The molecule has 3 rings (SSSR count). The molecule has 0 saturated carbocycles. The molecule has 1 saturated heterocycles. The molecule has 0 radical (unpaired) electrons. The molecular formula is C11H16N5O7P. The molecule has 3 heterocycles. The van der Waals surface area contributed by atoms with Crippen molar-refractivity contribution >= 4 is 24.6 Å². The summed E-state index contributed by atoms with van der Waals surface area (Å²) >= 11 is 0. The van der Waals surface area contributed by atoms with Crippen LogP contribution < -0.4 is 5.73 Å². The Balaban J connectivity index is 1.88. The van der Waals surface area contributed by atoms with Crippen LogP contribution in [0.15, 0.2) is 12.7 Å². The molecule has 0 aliphatic carbocycles. The Bertz CT molecular complexity index is 779. The van der Waals surface area contributed by atoms with Crippen molar-refractivity contribution in [3.05, 3.63) is 12.7 Å². The van der Waals surface area contributed by atoms with Gasteiger partial charge in [0, 0.05) is 0 Å². The summed E-state index contributed by atoms with van der Waals surface area (Å²) < 4.78 is 22.9. The molecule has 13 heteroatoms. The van der Waals surface area contributed by atoms with Crippen molar-refractivity contribution in [3.63, 3.8) is 0 Å². The predicted molar refractivity (Wildman–Crippen MR) is 78.5 cm³/mol. The zero-order chi connectivity index (χ0) is 17.5. The van der Waals surface area contributed by atoms with Gasteiger partial charge in [-0.2, -0.15) is 0 Å². The minimum atomic E-state index is -4.43. The van der Waals surface area contributed by atoms with Gasteiger partial charge >= 0.3 is 7.60 Å². The van der Waals surface area contributed by atoms with Gasteiger partial charge in [-0.25, -0.2) is 15.0 Å². The van der Waals surface area contributed by atoms with E-state index in [9.17, 15) is 14.8 Å². The van der Waals surface area contributed by atoms with E-state index < -0.39 is 45.1 Å². The SMILES string of the molecule is Nc1ncnc2c1ncn2[C@@H]1O[C@@H](CO)[C@@H](OCP(=O)(O)O)[C@H]1O. The summed E-state index contributed by atoms with van der Waals surface area (Å²) in [7, 11) is -4.43. The standard InChI is InChI=1S/C11H16N5O7P/c12-9-6-10(14-2-13-9)16(3-15-6)11-7(18)8(5(1-17)23-11)22-4-24(19,20)21/h2-3,5,7-8,11,17-18H,1,4H2,(H2,12,13,14)(H2,19,20,21)/t5-,7+,8+,11+/m0/s1. The number of fused-ring (bicyclic) bond motifs is 1. The van der Waals surface area contributed by atoms with Gasteiger partial charge in [0.2, 0.25) is 0 Å². The first-order chi connectivity index (χ1) is 11.3. The van der Waals surface area contributed by atoms with Crippen LogP contribution in [0, 0.1) is 0 Å². The Labute approximate surface area is 135 Å². The van der Waals surface area contributed by atoms with Crippen LogP contribution in [0.2, 0.25) is 0 Å². The van der Waals surface area contributed by atoms with Crippen LogP contribution >= 0.6 is 7.60 Å². The molecule has 0 spiro atoms. The lowest BCUT2D eigenvalue weighted by Crippen LogP contribution is -2.36. The van der Waals surface area contributed by atoms with Crippen LogP contribution in [0.4, 0.5) is 5.82 Å². The molecular weight excluding hydrogens is 345 g/mol. The number of nitrogens with zero attached hydrogens (tertiary/aromatic N) is 4. The largest absolute Gasteiger partial charge is 0.394 e. The van der Waals surface area contributed by atoms with Gasteiger partial charge in [0.05, 0.1) is 12.9 Å². The number of aromatic nitrogens is 4. The van der Waals surface area contributed by atoms with Gasteiger partial charge in [-0.05, 0) is 0 Å². The van der Waals surface area contributed by atoms with E-state index in [1.165, 1.54) is 17.2 Å². The zero-order valence-corrected chi connectivity index (χ0v) is 13.1. The molecule has 24 heavy (non-hydrogen) atoms. The highest BCUT2D eigenvalue weighted by molar-refractivity contribution is 7.51. The van der Waals surface area contributed by atoms with E-state index in [2.05, 4.69) is 15.0 Å². The second-order valence-corrected chi connectivity index (χ2v) is 6.83. The van der Waals surface area contributed by atoms with E-state index >= 15 is 0 Å². The van der Waals surface area contributed by atoms with Crippen molar-refractivity contribution in [1.82, 2.24) is 19.5 Å². The van der Waals surface area contributed by atoms with E-state index in [-0.39, 0.29) is 5.82 Å². The number of hydrogen-bond donors (Lipinski definition) is 5. The lowest BCUT2D eigenvalue weighted by Gasteiger charge is -2.20. The van der Waals surface area contributed by atoms with E-state index in [4.69, 9.17) is 25.0 Å². The van der Waals surface area contributed by atoms with Gasteiger partial charge in [0.15, 0.2) is 17.7 Å². The third-order valence-corrected chi connectivity index (χ3v) is 4.07. The molecule has 2 aromatic rings. The molecule has 132 valence electrons. The second-order valence-electron chi connectivity index (χ2n) is 5.25. The normalized spacial score (nSPS) is 27.8. The van der Waals surface area contributed by atoms with Crippen molar-refractivity contribution < 1.29 is 34.0 Å². The summed E-state index contributed by atoms with van der Waals surface area (Å²) in [6, 6.07) is 0. The number of aliphatic hydroxyl groups excluding tert-OH is 2. The Kier molecular flexibility index (Phi) is 4.53. The van der Waals surface area contributed by atoms with E-state index in [1.54, 1.807) is 0 Å². The summed E-state index contributed by atoms with van der Waals surface area (Å²) in [6.45, 7) is -0.511. The molecule has 12 nitrogen and oxygen atoms in total. The highest BCUT2D eigenvalue weighted by Crippen LogP contribution is 2.38. The highest BCUT2D eigenvalue weighted by Gasteiger charge is 2.46. The summed E-state index contributed by atoms with van der Waals surface area (Å²) in [6.07, 6.45) is -2.80. The number of aliphatic hydroxyl groups is 2. The quantitative estimate of drug-likeness (QED) is 0.377. The predicted octanol–water partition coefficient (Wildman–Crippen LogP) is -1.82. The second kappa shape index (κ2) is 6.33. The Morgan fingerprint density at radius 2 is 2.12 bits per heavy atom. The lowest BCUT2D eigenvalue weighted by atomic mass is 10.1. The average molecular weight is 361 g/mol. The van der Waals surface area contributed by atoms with Crippen LogP contribution in [0.1, 0.15) is 6.23 Å². The third-order valence-electron chi connectivity index (χ3n) is 3.59. The number of nitrogens with two attached hydrogens (primary N) is 1. The first kappa shape index (κ1) is 17.2. The van der Waals surface area contributed by atoms with Gasteiger partial charge in [0.25, 0.3) is 0 Å². The Morgan fingerprint density at radius 3 is 2.79 bits per heavy atom. The fourth-order valence-corrected chi connectivity index (χ4v) is 2.91. The van der Waals surface area contributed by atoms with E-state index in [0.717, 1.165) is 0 Å². The maximum atomic E-state index is 11.0. The van der Waals surface area contributed by atoms with Crippen LogP contribution in [-0.4, -0.2) is 70.8 Å². The van der Waals surface area contributed by atoms with Crippen molar-refractivity contribution in [3.8, 4) is 0 Å². The monoisotopic (exact) mass is 361 g/mol. The molecule has 4 atom stereocenters. The number of nitrogen functional groups attached to an aromatic ring is 1. The highest BCUT2D eigenvalue weighted by atomic mass is 31.2. The smallest absolute Gasteiger partial charge is 0.350 e. The third kappa shape index (κ3) is 3.13. The molecule has 6 N–H and O–H groups in total. The summed E-state index contributed by atoms with van der Waals surface area (Å²) in [5.74, 6) is 0.152. The number of anilines is 1. The lowest BCUT2D eigenvalue weighted by molar-refractivity contribution is -0.0558. The van der Waals surface area contributed by atoms with E-state index in [0.29, 0.717) is 11.2 Å². The first-order valence-corrected chi connectivity index (χ1v) is 8.65. The molecule has 1 aliphatic rings. The van der Waals surface area contributed by atoms with Crippen molar-refractivity contribution in [1.29, 1.82) is 0 Å². The molecule has 1 aliphatic heterocycles. The van der Waals surface area contributed by atoms with Crippen LogP contribution in [0.5, 0.6) is 0 Å². The first-order valence-electron chi connectivity index (χ1n) is 6.85. The topological polar surface area (TPSA) is 186 Å². The van der Waals surface area contributed by atoms with Gasteiger partial charge in [0.1, 0.15) is 36.5 Å². The Morgan fingerprint density at radius 1 is 1.38 bits per heavy atom. The fourth-order valence-electron chi connectivity index (χ4n) is 2.54. The van der Waals surface area contributed by atoms with Crippen molar-refractivity contribution in [2.24, 2.45) is 0 Å². The minimum Gasteiger partial charge on any atom is -0.394 e. The number of ether oxygens (including phenoxy) is 2. The maximum Gasteiger partial charge on any atom is 0.350 e. The van der Waals surface area contributed by atoms with Crippen LogP contribution in [0.3, 0.4) is 0 Å². The molecule has 0 amide bonds. The average Bonchev–Trinajstić information content (AvgIpc) is 3.06. The van der Waals surface area contributed by atoms with Crippen molar-refractivity contribution in [2.45, 2.75) is 24.5 Å². The Hall–Kier alpha value is -1.66. The van der Waals surface area contributed by atoms with Gasteiger partial charge < -0.3 is 35.2 Å². The van der Waals surface area contributed by atoms with Crippen molar-refractivity contribution in [2.75, 3.05) is 18.7 Å². The van der Waals surface area contributed by atoms with Crippen LogP contribution in [-0.2, 0) is 14.0 Å².